The van der Waals surface area contributed by atoms with E-state index in [1.54, 1.807) is 12.1 Å². The van der Waals surface area contributed by atoms with Gasteiger partial charge in [-0.1, -0.05) is 6.07 Å². The van der Waals surface area contributed by atoms with Crippen LogP contribution in [0.4, 0.5) is 11.4 Å². The van der Waals surface area contributed by atoms with E-state index in [2.05, 4.69) is 16.8 Å². The molecule has 1 aromatic rings. The highest BCUT2D eigenvalue weighted by Gasteiger charge is 2.19. The number of nitrogens with zero attached hydrogens (tertiary/aromatic N) is 2. The Hall–Kier alpha value is -1.27. The van der Waals surface area contributed by atoms with Crippen molar-refractivity contribution in [1.29, 1.82) is 0 Å². The van der Waals surface area contributed by atoms with Crippen LogP contribution in [0.2, 0.25) is 0 Å². The first-order chi connectivity index (χ1) is 8.89. The van der Waals surface area contributed by atoms with E-state index in [0.29, 0.717) is 5.69 Å². The van der Waals surface area contributed by atoms with E-state index in [4.69, 9.17) is 5.73 Å². The Morgan fingerprint density at radius 3 is 2.58 bits per heavy atom. The van der Waals surface area contributed by atoms with Crippen molar-refractivity contribution in [2.75, 3.05) is 50.1 Å². The first-order valence-corrected chi connectivity index (χ1v) is 8.31. The fourth-order valence-electron chi connectivity index (χ4n) is 2.42. The summed E-state index contributed by atoms with van der Waals surface area (Å²) in [5.74, 6) is 0. The number of hydrogen-bond donors (Lipinski definition) is 1. The Morgan fingerprint density at radius 2 is 1.89 bits per heavy atom. The van der Waals surface area contributed by atoms with E-state index in [-0.39, 0.29) is 4.90 Å². The van der Waals surface area contributed by atoms with Gasteiger partial charge in [-0.2, -0.15) is 0 Å². The Labute approximate surface area is 114 Å². The van der Waals surface area contributed by atoms with Crippen molar-refractivity contribution in [3.63, 3.8) is 0 Å². The first-order valence-electron chi connectivity index (χ1n) is 6.41. The van der Waals surface area contributed by atoms with Crippen molar-refractivity contribution in [2.24, 2.45) is 0 Å². The molecule has 0 bridgehead atoms. The number of benzene rings is 1. The fourth-order valence-corrected chi connectivity index (χ4v) is 3.25. The minimum Gasteiger partial charge on any atom is -0.396 e. The number of para-hydroxylation sites is 1. The van der Waals surface area contributed by atoms with Crippen molar-refractivity contribution in [3.8, 4) is 0 Å². The Balaban J connectivity index is 2.35. The summed E-state index contributed by atoms with van der Waals surface area (Å²) in [6, 6.07) is 5.23. The van der Waals surface area contributed by atoms with Crippen LogP contribution >= 0.6 is 0 Å². The molecule has 2 rings (SSSR count). The number of rotatable bonds is 2. The van der Waals surface area contributed by atoms with Gasteiger partial charge in [0.05, 0.1) is 16.3 Å². The van der Waals surface area contributed by atoms with Gasteiger partial charge in [0.25, 0.3) is 0 Å². The molecule has 5 nitrogen and oxygen atoms in total. The SMILES string of the molecule is CN1CCCN(c2cccc(S(C)(=O)=O)c2N)CC1. The van der Waals surface area contributed by atoms with E-state index in [1.807, 2.05) is 6.07 Å². The molecule has 0 spiro atoms. The van der Waals surface area contributed by atoms with Crippen LogP contribution < -0.4 is 10.6 Å². The van der Waals surface area contributed by atoms with Crippen LogP contribution in [0.1, 0.15) is 6.42 Å². The second-order valence-corrected chi connectivity index (χ2v) is 7.09. The van der Waals surface area contributed by atoms with Crippen molar-refractivity contribution >= 4 is 21.2 Å². The van der Waals surface area contributed by atoms with E-state index in [9.17, 15) is 8.42 Å². The van der Waals surface area contributed by atoms with E-state index < -0.39 is 9.84 Å². The molecule has 1 saturated heterocycles. The molecule has 106 valence electrons. The molecule has 2 N–H and O–H groups in total. The predicted octanol–water partition coefficient (Wildman–Crippen LogP) is 0.814. The molecule has 1 aromatic carbocycles. The molecule has 1 aliphatic heterocycles. The molecule has 0 amide bonds. The van der Waals surface area contributed by atoms with Crippen molar-refractivity contribution < 1.29 is 8.42 Å². The van der Waals surface area contributed by atoms with E-state index in [1.165, 1.54) is 6.26 Å². The maximum absolute atomic E-state index is 11.7. The fraction of sp³-hybridized carbons (Fsp3) is 0.538. The summed E-state index contributed by atoms with van der Waals surface area (Å²) in [4.78, 5) is 4.67. The zero-order valence-electron chi connectivity index (χ0n) is 11.5. The van der Waals surface area contributed by atoms with Crippen LogP contribution in [0.15, 0.2) is 23.1 Å². The largest absolute Gasteiger partial charge is 0.396 e. The second-order valence-electron chi connectivity index (χ2n) is 5.10. The van der Waals surface area contributed by atoms with E-state index >= 15 is 0 Å². The van der Waals surface area contributed by atoms with Crippen LogP contribution in [-0.4, -0.2) is 52.8 Å². The van der Waals surface area contributed by atoms with Gasteiger partial charge in [0, 0.05) is 25.9 Å². The zero-order valence-corrected chi connectivity index (χ0v) is 12.3. The molecule has 0 aromatic heterocycles. The third-order valence-corrected chi connectivity index (χ3v) is 4.66. The summed E-state index contributed by atoms with van der Waals surface area (Å²) in [5, 5.41) is 0. The maximum Gasteiger partial charge on any atom is 0.177 e. The summed E-state index contributed by atoms with van der Waals surface area (Å²) in [5.41, 5.74) is 7.25. The third-order valence-electron chi connectivity index (χ3n) is 3.50. The zero-order chi connectivity index (χ0) is 14.0. The van der Waals surface area contributed by atoms with Gasteiger partial charge in [-0.15, -0.1) is 0 Å². The van der Waals surface area contributed by atoms with Crippen LogP contribution in [-0.2, 0) is 9.84 Å². The van der Waals surface area contributed by atoms with Gasteiger partial charge in [0.15, 0.2) is 9.84 Å². The summed E-state index contributed by atoms with van der Waals surface area (Å²) in [6.07, 6.45) is 2.25. The van der Waals surface area contributed by atoms with Gasteiger partial charge in [0.2, 0.25) is 0 Å². The molecule has 0 saturated carbocycles. The molecule has 6 heteroatoms. The molecular weight excluding hydrogens is 262 g/mol. The van der Waals surface area contributed by atoms with Gasteiger partial charge >= 0.3 is 0 Å². The van der Waals surface area contributed by atoms with E-state index in [0.717, 1.165) is 38.3 Å². The molecule has 1 aliphatic rings. The quantitative estimate of drug-likeness (QED) is 0.814. The van der Waals surface area contributed by atoms with Gasteiger partial charge in [-0.05, 0) is 32.1 Å². The lowest BCUT2D eigenvalue weighted by Gasteiger charge is -2.25. The molecule has 1 heterocycles. The van der Waals surface area contributed by atoms with Gasteiger partial charge in [-0.3, -0.25) is 0 Å². The Kier molecular flexibility index (Phi) is 4.01. The number of sulfone groups is 1. The molecule has 0 unspecified atom stereocenters. The van der Waals surface area contributed by atoms with Crippen LogP contribution in [0.5, 0.6) is 0 Å². The second kappa shape index (κ2) is 5.38. The highest BCUT2D eigenvalue weighted by Crippen LogP contribution is 2.30. The van der Waals surface area contributed by atoms with Crippen LogP contribution in [0.25, 0.3) is 0 Å². The van der Waals surface area contributed by atoms with Crippen molar-refractivity contribution in [3.05, 3.63) is 18.2 Å². The Bertz CT molecular complexity index is 557. The number of anilines is 2. The van der Waals surface area contributed by atoms with Crippen molar-refractivity contribution in [1.82, 2.24) is 4.90 Å². The highest BCUT2D eigenvalue weighted by molar-refractivity contribution is 7.90. The summed E-state index contributed by atoms with van der Waals surface area (Å²) in [7, 11) is -1.18. The lowest BCUT2D eigenvalue weighted by atomic mass is 10.2. The number of hydrogen-bond acceptors (Lipinski definition) is 5. The summed E-state index contributed by atoms with van der Waals surface area (Å²) >= 11 is 0. The average molecular weight is 283 g/mol. The summed E-state index contributed by atoms with van der Waals surface area (Å²) < 4.78 is 23.4. The average Bonchev–Trinajstić information content (AvgIpc) is 2.53. The smallest absolute Gasteiger partial charge is 0.177 e. The van der Waals surface area contributed by atoms with Crippen molar-refractivity contribution in [2.45, 2.75) is 11.3 Å². The number of nitrogens with two attached hydrogens (primary N) is 1. The Morgan fingerprint density at radius 1 is 1.16 bits per heavy atom. The standard InChI is InChI=1S/C13H21N3O2S/c1-15-7-4-8-16(10-9-15)11-5-3-6-12(13(11)14)19(2,17)18/h3,5-6H,4,7-10,14H2,1-2H3. The number of likely N-dealkylation sites (N-methyl/N-ethyl adjacent to an activating group) is 1. The third kappa shape index (κ3) is 3.19. The van der Waals surface area contributed by atoms with Crippen LogP contribution in [0.3, 0.4) is 0 Å². The first kappa shape index (κ1) is 14.1. The van der Waals surface area contributed by atoms with Gasteiger partial charge in [0.1, 0.15) is 0 Å². The highest BCUT2D eigenvalue weighted by atomic mass is 32.2. The minimum atomic E-state index is -3.28. The summed E-state index contributed by atoms with van der Waals surface area (Å²) in [6.45, 7) is 3.79. The lowest BCUT2D eigenvalue weighted by Crippen LogP contribution is -2.29. The normalized spacial score (nSPS) is 18.3. The van der Waals surface area contributed by atoms with Gasteiger partial charge < -0.3 is 15.5 Å². The molecule has 19 heavy (non-hydrogen) atoms. The maximum atomic E-state index is 11.7. The molecular formula is C13H21N3O2S. The predicted molar refractivity (Wildman–Crippen MR) is 78.3 cm³/mol. The minimum absolute atomic E-state index is 0.225. The van der Waals surface area contributed by atoms with Crippen LogP contribution in [0, 0.1) is 0 Å². The number of nitrogen functional groups attached to an aromatic ring is 1. The van der Waals surface area contributed by atoms with Gasteiger partial charge in [-0.25, -0.2) is 8.42 Å². The lowest BCUT2D eigenvalue weighted by molar-refractivity contribution is 0.360. The monoisotopic (exact) mass is 283 g/mol. The molecule has 0 atom stereocenters. The molecule has 0 aliphatic carbocycles. The molecule has 1 fully saturated rings. The molecule has 0 radical (unpaired) electrons. The topological polar surface area (TPSA) is 66.6 Å².